The summed E-state index contributed by atoms with van der Waals surface area (Å²) in [5, 5.41) is 0. The van der Waals surface area contributed by atoms with Gasteiger partial charge in [-0.05, 0) is 12.1 Å². The minimum absolute atomic E-state index is 0.396. The van der Waals surface area contributed by atoms with Crippen LogP contribution >= 0.6 is 0 Å². The van der Waals surface area contributed by atoms with Crippen LogP contribution in [0.15, 0.2) is 52.0 Å². The number of hydrogen-bond donors (Lipinski definition) is 0. The van der Waals surface area contributed by atoms with Crippen LogP contribution in [0.2, 0.25) is 0 Å². The molecule has 6 nitrogen and oxygen atoms in total. The maximum absolute atomic E-state index is 12.1. The first kappa shape index (κ1) is 12.5. The summed E-state index contributed by atoms with van der Waals surface area (Å²) < 4.78 is 5.68. The fourth-order valence-corrected chi connectivity index (χ4v) is 2.33. The van der Waals surface area contributed by atoms with Crippen LogP contribution in [-0.2, 0) is 0 Å². The normalized spacial score (nSPS) is 15.4. The van der Waals surface area contributed by atoms with Gasteiger partial charge in [0.25, 0.3) is 5.56 Å². The van der Waals surface area contributed by atoms with Crippen molar-refractivity contribution >= 4 is 11.7 Å². The molecule has 2 heterocycles. The Balaban J connectivity index is 1.66. The quantitative estimate of drug-likeness (QED) is 0.784. The first-order chi connectivity index (χ1) is 9.75. The largest absolute Gasteiger partial charge is 0.375 e. The number of benzene rings is 1. The minimum Gasteiger partial charge on any atom is -0.375 e. The van der Waals surface area contributed by atoms with Crippen molar-refractivity contribution in [3.8, 4) is 0 Å². The van der Waals surface area contributed by atoms with Crippen LogP contribution in [0, 0.1) is 0 Å². The van der Waals surface area contributed by atoms with Crippen molar-refractivity contribution in [2.45, 2.75) is 0 Å². The highest BCUT2D eigenvalue weighted by molar-refractivity contribution is 5.75. The molecule has 0 aliphatic carbocycles. The minimum atomic E-state index is -0.430. The third-order valence-electron chi connectivity index (χ3n) is 3.42. The van der Waals surface area contributed by atoms with Crippen LogP contribution in [0.4, 0.5) is 10.5 Å². The molecule has 0 bridgehead atoms. The van der Waals surface area contributed by atoms with Gasteiger partial charge in [0, 0.05) is 37.9 Å². The lowest BCUT2D eigenvalue weighted by Gasteiger charge is -2.35. The van der Waals surface area contributed by atoms with Gasteiger partial charge in [-0.3, -0.25) is 4.79 Å². The zero-order valence-electron chi connectivity index (χ0n) is 10.9. The summed E-state index contributed by atoms with van der Waals surface area (Å²) >= 11 is 0. The summed E-state index contributed by atoms with van der Waals surface area (Å²) in [6, 6.07) is 10.9. The molecular weight excluding hydrogens is 258 g/mol. The number of hydrogen-bond acceptors (Lipinski definition) is 4. The molecule has 1 aliphatic heterocycles. The third kappa shape index (κ3) is 2.32. The maximum Gasteiger partial charge on any atom is 0.361 e. The molecule has 2 aromatic rings. The Bertz CT molecular complexity index is 639. The number of amides is 1. The summed E-state index contributed by atoms with van der Waals surface area (Å²) in [7, 11) is 0. The molecule has 0 atom stereocenters. The van der Waals surface area contributed by atoms with E-state index in [2.05, 4.69) is 17.0 Å². The fourth-order valence-electron chi connectivity index (χ4n) is 2.33. The van der Waals surface area contributed by atoms with Gasteiger partial charge in [0.15, 0.2) is 0 Å². The van der Waals surface area contributed by atoms with E-state index < -0.39 is 11.6 Å². The first-order valence-corrected chi connectivity index (χ1v) is 6.52. The molecule has 0 spiro atoms. The lowest BCUT2D eigenvalue weighted by Crippen LogP contribution is -2.51. The molecule has 20 heavy (non-hydrogen) atoms. The molecule has 0 saturated carbocycles. The van der Waals surface area contributed by atoms with E-state index in [0.29, 0.717) is 13.1 Å². The average Bonchev–Trinajstić information content (AvgIpc) is 2.94. The fraction of sp³-hybridized carbons (Fsp3) is 0.286. The van der Waals surface area contributed by atoms with Crippen LogP contribution in [0.5, 0.6) is 0 Å². The zero-order valence-corrected chi connectivity index (χ0v) is 10.9. The number of carbonyl (C=O) groups is 1. The summed E-state index contributed by atoms with van der Waals surface area (Å²) in [5.41, 5.74) is 0.718. The standard InChI is InChI=1S/C14H15N3O3/c18-13-6-11-20-17(13)14(19)16-9-7-15(8-10-16)12-4-2-1-3-5-12/h1-6,11H,7-10H2. The second-order valence-electron chi connectivity index (χ2n) is 4.63. The van der Waals surface area contributed by atoms with Crippen LogP contribution < -0.4 is 10.5 Å². The second-order valence-corrected chi connectivity index (χ2v) is 4.63. The average molecular weight is 273 g/mol. The Hall–Kier alpha value is -2.50. The molecule has 3 rings (SSSR count). The van der Waals surface area contributed by atoms with Gasteiger partial charge < -0.3 is 14.3 Å². The molecule has 1 fully saturated rings. The molecule has 0 unspecified atom stereocenters. The van der Waals surface area contributed by atoms with Gasteiger partial charge in [0.1, 0.15) is 6.26 Å². The van der Waals surface area contributed by atoms with E-state index in [1.165, 1.54) is 12.3 Å². The summed E-state index contributed by atoms with van der Waals surface area (Å²) in [5.74, 6) is 0. The van der Waals surface area contributed by atoms with E-state index in [9.17, 15) is 9.59 Å². The highest BCUT2D eigenvalue weighted by Crippen LogP contribution is 2.15. The molecule has 1 aromatic carbocycles. The van der Waals surface area contributed by atoms with Gasteiger partial charge in [0.05, 0.1) is 0 Å². The molecular formula is C14H15N3O3. The lowest BCUT2D eigenvalue weighted by molar-refractivity contribution is 0.164. The van der Waals surface area contributed by atoms with Gasteiger partial charge in [-0.15, -0.1) is 0 Å². The van der Waals surface area contributed by atoms with Crippen molar-refractivity contribution in [3.05, 3.63) is 53.0 Å². The predicted molar refractivity (Wildman–Crippen MR) is 74.0 cm³/mol. The summed E-state index contributed by atoms with van der Waals surface area (Å²) in [6.07, 6.45) is 1.22. The van der Waals surface area contributed by atoms with Crippen molar-refractivity contribution in [2.24, 2.45) is 0 Å². The van der Waals surface area contributed by atoms with E-state index >= 15 is 0 Å². The third-order valence-corrected chi connectivity index (χ3v) is 3.42. The Morgan fingerprint density at radius 1 is 1.00 bits per heavy atom. The van der Waals surface area contributed by atoms with Crippen LogP contribution in [0.3, 0.4) is 0 Å². The zero-order chi connectivity index (χ0) is 13.9. The summed E-state index contributed by atoms with van der Waals surface area (Å²) in [4.78, 5) is 27.3. The van der Waals surface area contributed by atoms with E-state index in [-0.39, 0.29) is 0 Å². The van der Waals surface area contributed by atoms with E-state index in [1.54, 1.807) is 4.90 Å². The van der Waals surface area contributed by atoms with Crippen molar-refractivity contribution in [1.29, 1.82) is 0 Å². The number of carbonyl (C=O) groups excluding carboxylic acids is 1. The number of para-hydroxylation sites is 1. The van der Waals surface area contributed by atoms with Crippen LogP contribution in [0.25, 0.3) is 0 Å². The second kappa shape index (κ2) is 5.24. The van der Waals surface area contributed by atoms with Gasteiger partial charge in [0.2, 0.25) is 0 Å². The molecule has 1 amide bonds. The van der Waals surface area contributed by atoms with Gasteiger partial charge in [-0.2, -0.15) is 0 Å². The molecule has 104 valence electrons. The topological polar surface area (TPSA) is 58.7 Å². The van der Waals surface area contributed by atoms with Crippen molar-refractivity contribution in [3.63, 3.8) is 0 Å². The Morgan fingerprint density at radius 2 is 1.70 bits per heavy atom. The van der Waals surface area contributed by atoms with Crippen LogP contribution in [-0.4, -0.2) is 41.8 Å². The van der Waals surface area contributed by atoms with E-state index in [0.717, 1.165) is 23.5 Å². The molecule has 1 aromatic heterocycles. The molecule has 1 aliphatic rings. The number of anilines is 1. The molecule has 6 heteroatoms. The number of rotatable bonds is 1. The van der Waals surface area contributed by atoms with Crippen LogP contribution in [0.1, 0.15) is 0 Å². The molecule has 0 radical (unpaired) electrons. The van der Waals surface area contributed by atoms with Gasteiger partial charge in [-0.25, -0.2) is 4.79 Å². The SMILES string of the molecule is O=C(N1CCN(c2ccccc2)CC1)n1occc1=O. The van der Waals surface area contributed by atoms with E-state index in [4.69, 9.17) is 4.52 Å². The Kier molecular flexibility index (Phi) is 3.28. The number of piperazine rings is 1. The van der Waals surface area contributed by atoms with Crippen molar-refractivity contribution < 1.29 is 9.32 Å². The lowest BCUT2D eigenvalue weighted by atomic mass is 10.2. The van der Waals surface area contributed by atoms with E-state index in [1.807, 2.05) is 18.2 Å². The molecule has 1 saturated heterocycles. The Morgan fingerprint density at radius 3 is 2.30 bits per heavy atom. The highest BCUT2D eigenvalue weighted by Gasteiger charge is 2.24. The van der Waals surface area contributed by atoms with Gasteiger partial charge in [-0.1, -0.05) is 22.9 Å². The van der Waals surface area contributed by atoms with Gasteiger partial charge >= 0.3 is 6.03 Å². The van der Waals surface area contributed by atoms with Crippen molar-refractivity contribution in [2.75, 3.05) is 31.1 Å². The number of nitrogens with zero attached hydrogens (tertiary/aromatic N) is 3. The maximum atomic E-state index is 12.1. The predicted octanol–water partition coefficient (Wildman–Crippen LogP) is 1.23. The summed E-state index contributed by atoms with van der Waals surface area (Å²) in [6.45, 7) is 2.62. The first-order valence-electron chi connectivity index (χ1n) is 6.52. The Labute approximate surface area is 115 Å². The number of aromatic nitrogens is 1. The highest BCUT2D eigenvalue weighted by atomic mass is 16.5. The monoisotopic (exact) mass is 273 g/mol. The smallest absolute Gasteiger partial charge is 0.361 e. The van der Waals surface area contributed by atoms with Crippen molar-refractivity contribution in [1.82, 2.24) is 9.64 Å². The molecule has 0 N–H and O–H groups in total.